The monoisotopic (exact) mass is 170 g/mol. The first-order valence-corrected chi connectivity index (χ1v) is 4.76. The van der Waals surface area contributed by atoms with E-state index in [9.17, 15) is 0 Å². The molecule has 0 bridgehead atoms. The molecule has 0 aliphatic carbocycles. The zero-order valence-electron chi connectivity index (χ0n) is 7.95. The molecule has 12 heavy (non-hydrogen) atoms. The second-order valence-corrected chi connectivity index (χ2v) is 3.19. The second kappa shape index (κ2) is 5.33. The van der Waals surface area contributed by atoms with E-state index in [0.717, 1.165) is 19.4 Å². The van der Waals surface area contributed by atoms with E-state index in [0.29, 0.717) is 6.10 Å². The summed E-state index contributed by atoms with van der Waals surface area (Å²) in [5, 5.41) is 0. The van der Waals surface area contributed by atoms with Crippen molar-refractivity contribution in [2.75, 3.05) is 6.61 Å². The van der Waals surface area contributed by atoms with Gasteiger partial charge in [-0.1, -0.05) is 19.4 Å². The second-order valence-electron chi connectivity index (χ2n) is 3.19. The van der Waals surface area contributed by atoms with Crippen LogP contribution in [0.1, 0.15) is 33.1 Å². The van der Waals surface area contributed by atoms with Crippen LogP contribution in [0.25, 0.3) is 0 Å². The summed E-state index contributed by atoms with van der Waals surface area (Å²) in [6, 6.07) is 0. The van der Waals surface area contributed by atoms with Crippen molar-refractivity contribution in [2.45, 2.75) is 45.5 Å². The van der Waals surface area contributed by atoms with Gasteiger partial charge in [-0.3, -0.25) is 0 Å². The predicted molar refractivity (Wildman–Crippen MR) is 49.0 cm³/mol. The molecule has 0 saturated carbocycles. The molecule has 70 valence electrons. The van der Waals surface area contributed by atoms with Gasteiger partial charge in [-0.25, -0.2) is 0 Å². The molecule has 0 unspecified atom stereocenters. The number of allylic oxidation sites excluding steroid dienone is 1. The maximum Gasteiger partial charge on any atom is 0.177 e. The van der Waals surface area contributed by atoms with Gasteiger partial charge in [0, 0.05) is 0 Å². The van der Waals surface area contributed by atoms with E-state index in [-0.39, 0.29) is 6.29 Å². The van der Waals surface area contributed by atoms with Crippen molar-refractivity contribution in [3.63, 3.8) is 0 Å². The van der Waals surface area contributed by atoms with Crippen molar-refractivity contribution in [1.82, 2.24) is 0 Å². The van der Waals surface area contributed by atoms with Crippen LogP contribution in [-0.2, 0) is 9.47 Å². The summed E-state index contributed by atoms with van der Waals surface area (Å²) in [5.41, 5.74) is 0. The first-order valence-electron chi connectivity index (χ1n) is 4.76. The van der Waals surface area contributed by atoms with Gasteiger partial charge in [0.15, 0.2) is 6.29 Å². The molecule has 1 aliphatic rings. The molecule has 1 rings (SSSR count). The normalized spacial score (nSPS) is 31.2. The Labute approximate surface area is 74.6 Å². The number of unbranched alkanes of at least 4 members (excludes halogenated alkanes) is 1. The molecule has 1 fully saturated rings. The Bertz CT molecular complexity index is 143. The summed E-state index contributed by atoms with van der Waals surface area (Å²) in [6.07, 6.45) is 7.69. The molecule has 0 N–H and O–H groups in total. The zero-order valence-corrected chi connectivity index (χ0v) is 7.95. The molecule has 2 atom stereocenters. The number of hydrogen-bond donors (Lipinski definition) is 0. The van der Waals surface area contributed by atoms with Crippen molar-refractivity contribution >= 4 is 0 Å². The Kier molecular flexibility index (Phi) is 4.33. The van der Waals surface area contributed by atoms with E-state index in [1.54, 1.807) is 0 Å². The molecule has 1 saturated heterocycles. The Balaban J connectivity index is 2.22. The minimum Gasteiger partial charge on any atom is -0.349 e. The SMILES string of the molecule is CCCC=C[C@@H]1OCC[C@@H](C)O1. The van der Waals surface area contributed by atoms with E-state index < -0.39 is 0 Å². The van der Waals surface area contributed by atoms with Gasteiger partial charge in [0.25, 0.3) is 0 Å². The third-order valence-electron chi connectivity index (χ3n) is 1.92. The lowest BCUT2D eigenvalue weighted by Gasteiger charge is -2.25. The van der Waals surface area contributed by atoms with Crippen LogP contribution in [0.4, 0.5) is 0 Å². The molecule has 2 nitrogen and oxygen atoms in total. The number of ether oxygens (including phenoxy) is 2. The van der Waals surface area contributed by atoms with E-state index >= 15 is 0 Å². The number of hydrogen-bond acceptors (Lipinski definition) is 2. The van der Waals surface area contributed by atoms with Crippen LogP contribution in [0.5, 0.6) is 0 Å². The highest BCUT2D eigenvalue weighted by molar-refractivity contribution is 4.86. The van der Waals surface area contributed by atoms with Gasteiger partial charge in [0.2, 0.25) is 0 Å². The summed E-state index contributed by atoms with van der Waals surface area (Å²) in [7, 11) is 0. The van der Waals surface area contributed by atoms with Gasteiger partial charge in [0.05, 0.1) is 12.7 Å². The van der Waals surface area contributed by atoms with Crippen LogP contribution in [0.15, 0.2) is 12.2 Å². The topological polar surface area (TPSA) is 18.5 Å². The summed E-state index contributed by atoms with van der Waals surface area (Å²) < 4.78 is 10.9. The summed E-state index contributed by atoms with van der Waals surface area (Å²) in [4.78, 5) is 0. The van der Waals surface area contributed by atoms with Crippen LogP contribution in [0, 0.1) is 0 Å². The molecule has 1 heterocycles. The van der Waals surface area contributed by atoms with Crippen molar-refractivity contribution in [3.8, 4) is 0 Å². The lowest BCUT2D eigenvalue weighted by atomic mass is 10.2. The molecule has 1 aliphatic heterocycles. The molecule has 0 aromatic carbocycles. The average Bonchev–Trinajstić information content (AvgIpc) is 2.05. The maximum absolute atomic E-state index is 5.52. The highest BCUT2D eigenvalue weighted by atomic mass is 16.7. The van der Waals surface area contributed by atoms with Crippen LogP contribution < -0.4 is 0 Å². The van der Waals surface area contributed by atoms with Crippen molar-refractivity contribution < 1.29 is 9.47 Å². The largest absolute Gasteiger partial charge is 0.349 e. The first kappa shape index (κ1) is 9.75. The lowest BCUT2D eigenvalue weighted by Crippen LogP contribution is -2.28. The highest BCUT2D eigenvalue weighted by Crippen LogP contribution is 2.12. The minimum absolute atomic E-state index is 0.0969. The third kappa shape index (κ3) is 3.37. The summed E-state index contributed by atoms with van der Waals surface area (Å²) >= 11 is 0. The minimum atomic E-state index is -0.0969. The van der Waals surface area contributed by atoms with E-state index in [1.165, 1.54) is 6.42 Å². The standard InChI is InChI=1S/C10H18O2/c1-3-4-5-6-10-11-8-7-9(2)12-10/h5-6,9-10H,3-4,7-8H2,1-2H3/t9-,10-/m1/s1. The molecule has 0 spiro atoms. The first-order chi connectivity index (χ1) is 5.83. The Morgan fingerprint density at radius 3 is 3.00 bits per heavy atom. The lowest BCUT2D eigenvalue weighted by molar-refractivity contribution is -0.181. The molecule has 0 aromatic rings. The summed E-state index contributed by atoms with van der Waals surface area (Å²) in [5.74, 6) is 0. The fourth-order valence-electron chi connectivity index (χ4n) is 1.16. The van der Waals surface area contributed by atoms with Crippen LogP contribution in [0.3, 0.4) is 0 Å². The van der Waals surface area contributed by atoms with Gasteiger partial charge in [0.1, 0.15) is 0 Å². The zero-order chi connectivity index (χ0) is 8.81. The Hall–Kier alpha value is -0.340. The van der Waals surface area contributed by atoms with E-state index in [1.807, 2.05) is 6.08 Å². The van der Waals surface area contributed by atoms with Crippen LogP contribution >= 0.6 is 0 Å². The fourth-order valence-corrected chi connectivity index (χ4v) is 1.16. The molecule has 0 amide bonds. The smallest absolute Gasteiger partial charge is 0.177 e. The van der Waals surface area contributed by atoms with Crippen molar-refractivity contribution in [3.05, 3.63) is 12.2 Å². The van der Waals surface area contributed by atoms with Crippen LogP contribution in [-0.4, -0.2) is 19.0 Å². The molecule has 0 radical (unpaired) electrons. The van der Waals surface area contributed by atoms with Gasteiger partial charge in [-0.2, -0.15) is 0 Å². The molecule has 2 heteroatoms. The molecular formula is C10H18O2. The summed E-state index contributed by atoms with van der Waals surface area (Å²) in [6.45, 7) is 5.07. The predicted octanol–water partition coefficient (Wildman–Crippen LogP) is 2.49. The average molecular weight is 170 g/mol. The highest BCUT2D eigenvalue weighted by Gasteiger charge is 2.16. The van der Waals surface area contributed by atoms with Crippen molar-refractivity contribution in [1.29, 1.82) is 0 Å². The van der Waals surface area contributed by atoms with Gasteiger partial charge in [-0.05, 0) is 25.8 Å². The molecular weight excluding hydrogens is 152 g/mol. The van der Waals surface area contributed by atoms with Gasteiger partial charge < -0.3 is 9.47 Å². The van der Waals surface area contributed by atoms with E-state index in [4.69, 9.17) is 9.47 Å². The third-order valence-corrected chi connectivity index (χ3v) is 1.92. The molecule has 0 aromatic heterocycles. The fraction of sp³-hybridized carbons (Fsp3) is 0.800. The van der Waals surface area contributed by atoms with Crippen LogP contribution in [0.2, 0.25) is 0 Å². The van der Waals surface area contributed by atoms with Gasteiger partial charge >= 0.3 is 0 Å². The van der Waals surface area contributed by atoms with Gasteiger partial charge in [-0.15, -0.1) is 0 Å². The van der Waals surface area contributed by atoms with Crippen molar-refractivity contribution in [2.24, 2.45) is 0 Å². The Morgan fingerprint density at radius 2 is 2.33 bits per heavy atom. The maximum atomic E-state index is 5.52. The quantitative estimate of drug-likeness (QED) is 0.606. The van der Waals surface area contributed by atoms with E-state index in [2.05, 4.69) is 19.9 Å². The Morgan fingerprint density at radius 1 is 1.50 bits per heavy atom. The number of rotatable bonds is 3.